The molecule has 0 unspecified atom stereocenters. The highest BCUT2D eigenvalue weighted by atomic mass is 79.9. The van der Waals surface area contributed by atoms with Gasteiger partial charge in [-0.2, -0.15) is 0 Å². The van der Waals surface area contributed by atoms with E-state index in [9.17, 15) is 4.79 Å². The van der Waals surface area contributed by atoms with E-state index in [1.807, 2.05) is 51.2 Å². The molecule has 104 valence electrons. The zero-order valence-corrected chi connectivity index (χ0v) is 13.8. The third-order valence-corrected chi connectivity index (χ3v) is 4.38. The van der Waals surface area contributed by atoms with E-state index in [1.165, 1.54) is 5.56 Å². The van der Waals surface area contributed by atoms with Gasteiger partial charge < -0.3 is 4.90 Å². The summed E-state index contributed by atoms with van der Waals surface area (Å²) in [6, 6.07) is 11.8. The summed E-state index contributed by atoms with van der Waals surface area (Å²) in [7, 11) is 1.82. The molecule has 0 saturated heterocycles. The van der Waals surface area contributed by atoms with Gasteiger partial charge in [-0.3, -0.25) is 4.79 Å². The van der Waals surface area contributed by atoms with Crippen LogP contribution < -0.4 is 4.90 Å². The fraction of sp³-hybridized carbons (Fsp3) is 0.235. The molecule has 2 rings (SSSR count). The Morgan fingerprint density at radius 2 is 1.80 bits per heavy atom. The standard InChI is InChI=1S/C17H18BrNO/c1-11-8-9-16(12(2)10-11)19(4)17(20)14-6-5-7-15(18)13(14)3/h5-10H,1-4H3. The van der Waals surface area contributed by atoms with Crippen LogP contribution in [0, 0.1) is 20.8 Å². The van der Waals surface area contributed by atoms with Gasteiger partial charge in [0.2, 0.25) is 0 Å². The van der Waals surface area contributed by atoms with Crippen molar-refractivity contribution in [2.75, 3.05) is 11.9 Å². The van der Waals surface area contributed by atoms with Gasteiger partial charge in [0, 0.05) is 22.8 Å². The van der Waals surface area contributed by atoms with E-state index in [0.29, 0.717) is 0 Å². The minimum atomic E-state index is 0.00996. The first-order valence-electron chi connectivity index (χ1n) is 6.52. The lowest BCUT2D eigenvalue weighted by Gasteiger charge is -2.21. The third-order valence-electron chi connectivity index (χ3n) is 3.52. The molecule has 2 aromatic carbocycles. The van der Waals surface area contributed by atoms with Gasteiger partial charge >= 0.3 is 0 Å². The summed E-state index contributed by atoms with van der Waals surface area (Å²) in [6.07, 6.45) is 0. The first-order valence-corrected chi connectivity index (χ1v) is 7.31. The van der Waals surface area contributed by atoms with Crippen LogP contribution in [0.15, 0.2) is 40.9 Å². The molecule has 0 heterocycles. The number of rotatable bonds is 2. The van der Waals surface area contributed by atoms with E-state index in [1.54, 1.807) is 4.90 Å². The van der Waals surface area contributed by atoms with Gasteiger partial charge in [-0.15, -0.1) is 0 Å². The minimum Gasteiger partial charge on any atom is -0.311 e. The number of aryl methyl sites for hydroxylation is 2. The molecule has 2 nitrogen and oxygen atoms in total. The summed E-state index contributed by atoms with van der Waals surface area (Å²) < 4.78 is 0.956. The number of nitrogens with zero attached hydrogens (tertiary/aromatic N) is 1. The third kappa shape index (κ3) is 2.78. The van der Waals surface area contributed by atoms with E-state index in [2.05, 4.69) is 28.9 Å². The van der Waals surface area contributed by atoms with Crippen molar-refractivity contribution >= 4 is 27.5 Å². The van der Waals surface area contributed by atoms with Gasteiger partial charge in [-0.25, -0.2) is 0 Å². The summed E-state index contributed by atoms with van der Waals surface area (Å²) in [5, 5.41) is 0. The Bertz CT molecular complexity index is 664. The highest BCUT2D eigenvalue weighted by Gasteiger charge is 2.17. The maximum atomic E-state index is 12.7. The zero-order valence-electron chi connectivity index (χ0n) is 12.2. The maximum Gasteiger partial charge on any atom is 0.258 e. The molecule has 0 atom stereocenters. The van der Waals surface area contributed by atoms with Gasteiger partial charge in [-0.1, -0.05) is 39.7 Å². The molecule has 0 radical (unpaired) electrons. The van der Waals surface area contributed by atoms with Crippen molar-refractivity contribution in [2.45, 2.75) is 20.8 Å². The van der Waals surface area contributed by atoms with E-state index in [-0.39, 0.29) is 5.91 Å². The quantitative estimate of drug-likeness (QED) is 0.784. The number of benzene rings is 2. The van der Waals surface area contributed by atoms with Gasteiger partial charge in [0.15, 0.2) is 0 Å². The Morgan fingerprint density at radius 3 is 2.45 bits per heavy atom. The minimum absolute atomic E-state index is 0.00996. The van der Waals surface area contributed by atoms with Crippen molar-refractivity contribution < 1.29 is 4.79 Å². The summed E-state index contributed by atoms with van der Waals surface area (Å²) in [4.78, 5) is 14.4. The average Bonchev–Trinajstić information content (AvgIpc) is 2.40. The van der Waals surface area contributed by atoms with Crippen LogP contribution in [0.5, 0.6) is 0 Å². The van der Waals surface area contributed by atoms with Crippen LogP contribution in [0.4, 0.5) is 5.69 Å². The molecule has 0 bridgehead atoms. The SMILES string of the molecule is Cc1ccc(N(C)C(=O)c2cccc(Br)c2C)c(C)c1. The Morgan fingerprint density at radius 1 is 1.10 bits per heavy atom. The van der Waals surface area contributed by atoms with E-state index >= 15 is 0 Å². The lowest BCUT2D eigenvalue weighted by molar-refractivity contribution is 0.0992. The lowest BCUT2D eigenvalue weighted by atomic mass is 10.1. The average molecular weight is 332 g/mol. The molecule has 0 aromatic heterocycles. The van der Waals surface area contributed by atoms with E-state index in [4.69, 9.17) is 0 Å². The van der Waals surface area contributed by atoms with Crippen LogP contribution in [-0.4, -0.2) is 13.0 Å². The van der Waals surface area contributed by atoms with Crippen molar-refractivity contribution in [1.29, 1.82) is 0 Å². The molecule has 0 aliphatic carbocycles. The van der Waals surface area contributed by atoms with Crippen molar-refractivity contribution in [1.82, 2.24) is 0 Å². The second kappa shape index (κ2) is 5.80. The number of carbonyl (C=O) groups excluding carboxylic acids is 1. The Kier molecular flexibility index (Phi) is 4.29. The molecule has 0 saturated carbocycles. The molecule has 0 spiro atoms. The number of halogens is 1. The largest absolute Gasteiger partial charge is 0.311 e. The topological polar surface area (TPSA) is 20.3 Å². The van der Waals surface area contributed by atoms with Crippen molar-refractivity contribution in [2.24, 2.45) is 0 Å². The van der Waals surface area contributed by atoms with Crippen molar-refractivity contribution in [3.05, 3.63) is 63.1 Å². The van der Waals surface area contributed by atoms with Crippen LogP contribution in [0.2, 0.25) is 0 Å². The molecular weight excluding hydrogens is 314 g/mol. The number of hydrogen-bond acceptors (Lipinski definition) is 1. The van der Waals surface area contributed by atoms with Crippen LogP contribution in [0.25, 0.3) is 0 Å². The van der Waals surface area contributed by atoms with Crippen LogP contribution in [0.1, 0.15) is 27.0 Å². The molecule has 0 fully saturated rings. The van der Waals surface area contributed by atoms with Gasteiger partial charge in [0.25, 0.3) is 5.91 Å². The zero-order chi connectivity index (χ0) is 14.9. The number of hydrogen-bond donors (Lipinski definition) is 0. The van der Waals surface area contributed by atoms with Gasteiger partial charge in [0.1, 0.15) is 0 Å². The van der Waals surface area contributed by atoms with E-state index < -0.39 is 0 Å². The predicted molar refractivity (Wildman–Crippen MR) is 87.5 cm³/mol. The fourth-order valence-electron chi connectivity index (χ4n) is 2.31. The number of amides is 1. The summed E-state index contributed by atoms with van der Waals surface area (Å²) in [5.41, 5.74) is 4.94. The number of anilines is 1. The highest BCUT2D eigenvalue weighted by molar-refractivity contribution is 9.10. The Hall–Kier alpha value is -1.61. The van der Waals surface area contributed by atoms with Crippen molar-refractivity contribution in [3.63, 3.8) is 0 Å². The first kappa shape index (κ1) is 14.8. The Labute approximate surface area is 128 Å². The maximum absolute atomic E-state index is 12.7. The van der Waals surface area contributed by atoms with Crippen LogP contribution in [0.3, 0.4) is 0 Å². The molecule has 2 aromatic rings. The summed E-state index contributed by atoms with van der Waals surface area (Å²) in [6.45, 7) is 6.03. The van der Waals surface area contributed by atoms with Crippen LogP contribution in [-0.2, 0) is 0 Å². The van der Waals surface area contributed by atoms with Gasteiger partial charge in [0.05, 0.1) is 0 Å². The molecule has 3 heteroatoms. The summed E-state index contributed by atoms with van der Waals surface area (Å²) >= 11 is 3.47. The molecule has 0 aliphatic heterocycles. The first-order chi connectivity index (χ1) is 9.41. The van der Waals surface area contributed by atoms with Gasteiger partial charge in [-0.05, 0) is 50.1 Å². The Balaban J connectivity index is 2.40. The van der Waals surface area contributed by atoms with E-state index in [0.717, 1.165) is 26.9 Å². The molecule has 20 heavy (non-hydrogen) atoms. The lowest BCUT2D eigenvalue weighted by Crippen LogP contribution is -2.27. The molecule has 1 amide bonds. The van der Waals surface area contributed by atoms with Crippen LogP contribution >= 0.6 is 15.9 Å². The smallest absolute Gasteiger partial charge is 0.258 e. The second-order valence-corrected chi connectivity index (χ2v) is 5.92. The predicted octanol–water partition coefficient (Wildman–Crippen LogP) is 4.65. The molecule has 0 N–H and O–H groups in total. The monoisotopic (exact) mass is 331 g/mol. The van der Waals surface area contributed by atoms with Crippen molar-refractivity contribution in [3.8, 4) is 0 Å². The molecular formula is C17H18BrNO. The highest BCUT2D eigenvalue weighted by Crippen LogP contribution is 2.25. The number of carbonyl (C=O) groups is 1. The second-order valence-electron chi connectivity index (χ2n) is 5.07. The fourth-order valence-corrected chi connectivity index (χ4v) is 2.68. The summed E-state index contributed by atoms with van der Waals surface area (Å²) in [5.74, 6) is 0.00996. The normalized spacial score (nSPS) is 10.4. The molecule has 0 aliphatic rings.